The Bertz CT molecular complexity index is 1380. The van der Waals surface area contributed by atoms with Crippen molar-refractivity contribution in [2.45, 2.75) is 13.0 Å². The zero-order chi connectivity index (χ0) is 22.4. The molecule has 1 saturated heterocycles. The smallest absolute Gasteiger partial charge is 0.301 e. The molecule has 4 aromatic rings. The highest BCUT2D eigenvalue weighted by Gasteiger charge is 2.49. The van der Waals surface area contributed by atoms with E-state index in [1.165, 1.54) is 34.4 Å². The number of amides is 1. The van der Waals surface area contributed by atoms with Crippen LogP contribution in [0.2, 0.25) is 0 Å². The lowest BCUT2D eigenvalue weighted by atomic mass is 9.95. The molecule has 0 aliphatic carbocycles. The fourth-order valence-corrected chi connectivity index (χ4v) is 4.84. The van der Waals surface area contributed by atoms with Gasteiger partial charge in [0.15, 0.2) is 5.13 Å². The molecular weight excluding hydrogens is 427 g/mol. The van der Waals surface area contributed by atoms with Crippen molar-refractivity contribution in [3.63, 3.8) is 0 Å². The van der Waals surface area contributed by atoms with E-state index in [9.17, 15) is 19.1 Å². The highest BCUT2D eigenvalue weighted by Crippen LogP contribution is 2.44. The van der Waals surface area contributed by atoms with E-state index in [1.807, 2.05) is 25.1 Å². The first-order chi connectivity index (χ1) is 15.5. The summed E-state index contributed by atoms with van der Waals surface area (Å²) in [4.78, 5) is 32.0. The van der Waals surface area contributed by atoms with E-state index in [1.54, 1.807) is 36.4 Å². The van der Waals surface area contributed by atoms with Crippen LogP contribution >= 0.6 is 11.3 Å². The summed E-state index contributed by atoms with van der Waals surface area (Å²) in [5.74, 6) is -2.66. The molecule has 1 amide bonds. The van der Waals surface area contributed by atoms with Crippen LogP contribution in [0.3, 0.4) is 0 Å². The van der Waals surface area contributed by atoms with Gasteiger partial charge in [0.05, 0.1) is 15.8 Å². The van der Waals surface area contributed by atoms with Crippen molar-refractivity contribution in [2.24, 2.45) is 0 Å². The number of nitrogens with zero attached hydrogens (tertiary/aromatic N) is 2. The van der Waals surface area contributed by atoms with Crippen LogP contribution in [0.15, 0.2) is 78.4 Å². The number of Topliss-reactive ketones (excluding diaryl/α,β-unsaturated/α-hetero) is 1. The van der Waals surface area contributed by atoms with E-state index < -0.39 is 23.5 Å². The molecular formula is C25H17FN2O3S. The maximum atomic E-state index is 14.9. The SMILES string of the molecule is Cc1ccc(C(O)=C2C(=O)C(=O)N(c3nc4ccccc4s3)[C@@H]2c2ccccc2F)cc1. The summed E-state index contributed by atoms with van der Waals surface area (Å²) in [6.07, 6.45) is 0. The molecule has 0 saturated carbocycles. The Morgan fingerprint density at radius 3 is 2.41 bits per heavy atom. The lowest BCUT2D eigenvalue weighted by Crippen LogP contribution is -2.29. The fraction of sp³-hybridized carbons (Fsp3) is 0.0800. The molecule has 1 N–H and O–H groups in total. The average Bonchev–Trinajstić information content (AvgIpc) is 3.33. The Labute approximate surface area is 187 Å². The molecule has 1 aliphatic heterocycles. The Hall–Kier alpha value is -3.84. The van der Waals surface area contributed by atoms with Gasteiger partial charge in [0.1, 0.15) is 17.6 Å². The highest BCUT2D eigenvalue weighted by atomic mass is 32.1. The van der Waals surface area contributed by atoms with E-state index in [-0.39, 0.29) is 22.0 Å². The van der Waals surface area contributed by atoms with Crippen LogP contribution in [-0.4, -0.2) is 21.8 Å². The van der Waals surface area contributed by atoms with E-state index in [2.05, 4.69) is 4.98 Å². The van der Waals surface area contributed by atoms with Crippen molar-refractivity contribution in [2.75, 3.05) is 4.90 Å². The fourth-order valence-electron chi connectivity index (χ4n) is 3.85. The van der Waals surface area contributed by atoms with Crippen LogP contribution in [0.5, 0.6) is 0 Å². The number of para-hydroxylation sites is 1. The molecule has 5 rings (SSSR count). The topological polar surface area (TPSA) is 70.5 Å². The third kappa shape index (κ3) is 3.18. The lowest BCUT2D eigenvalue weighted by Gasteiger charge is -2.23. The Morgan fingerprint density at radius 1 is 1.00 bits per heavy atom. The maximum absolute atomic E-state index is 14.9. The minimum Gasteiger partial charge on any atom is -0.507 e. The van der Waals surface area contributed by atoms with Crippen LogP contribution in [-0.2, 0) is 9.59 Å². The summed E-state index contributed by atoms with van der Waals surface area (Å²) >= 11 is 1.23. The summed E-state index contributed by atoms with van der Waals surface area (Å²) in [5, 5.41) is 11.3. The first-order valence-corrected chi connectivity index (χ1v) is 10.8. The van der Waals surface area contributed by atoms with Crippen LogP contribution in [0.1, 0.15) is 22.7 Å². The number of hydrogen-bond donors (Lipinski definition) is 1. The van der Waals surface area contributed by atoms with Crippen molar-refractivity contribution in [3.05, 3.63) is 101 Å². The number of rotatable bonds is 3. The van der Waals surface area contributed by atoms with Crippen molar-refractivity contribution in [3.8, 4) is 0 Å². The number of fused-ring (bicyclic) bond motifs is 1. The number of ketones is 1. The molecule has 32 heavy (non-hydrogen) atoms. The predicted octanol–water partition coefficient (Wildman–Crippen LogP) is 5.37. The largest absolute Gasteiger partial charge is 0.507 e. The average molecular weight is 444 g/mol. The number of hydrogen-bond acceptors (Lipinski definition) is 5. The lowest BCUT2D eigenvalue weighted by molar-refractivity contribution is -0.132. The van der Waals surface area contributed by atoms with Gasteiger partial charge >= 0.3 is 5.91 Å². The van der Waals surface area contributed by atoms with E-state index in [0.717, 1.165) is 10.3 Å². The number of benzene rings is 3. The molecule has 1 aliphatic rings. The van der Waals surface area contributed by atoms with E-state index >= 15 is 0 Å². The second-order valence-corrected chi connectivity index (χ2v) is 8.53. The molecule has 0 radical (unpaired) electrons. The zero-order valence-electron chi connectivity index (χ0n) is 16.9. The van der Waals surface area contributed by atoms with E-state index in [0.29, 0.717) is 11.1 Å². The number of anilines is 1. The van der Waals surface area contributed by atoms with Gasteiger partial charge in [-0.05, 0) is 25.1 Å². The number of carbonyl (C=O) groups excluding carboxylic acids is 2. The van der Waals surface area contributed by atoms with Gasteiger partial charge in [-0.2, -0.15) is 0 Å². The van der Waals surface area contributed by atoms with Crippen molar-refractivity contribution >= 4 is 44.1 Å². The molecule has 2 heterocycles. The standard InChI is InChI=1S/C25H17FN2O3S/c1-14-10-12-15(13-11-14)22(29)20-21(16-6-2-3-7-17(16)26)28(24(31)23(20)30)25-27-18-8-4-5-9-19(18)32-25/h2-13,21,29H,1H3/t21-/m1/s1. The molecule has 0 spiro atoms. The summed E-state index contributed by atoms with van der Waals surface area (Å²) in [5.41, 5.74) is 1.96. The number of aryl methyl sites for hydroxylation is 1. The van der Waals surface area contributed by atoms with Crippen LogP contribution < -0.4 is 4.90 Å². The number of thiazole rings is 1. The number of carbonyl (C=O) groups is 2. The van der Waals surface area contributed by atoms with Crippen LogP contribution in [0.4, 0.5) is 9.52 Å². The van der Waals surface area contributed by atoms with Crippen molar-refractivity contribution < 1.29 is 19.1 Å². The van der Waals surface area contributed by atoms with Crippen LogP contribution in [0, 0.1) is 12.7 Å². The predicted molar refractivity (Wildman–Crippen MR) is 122 cm³/mol. The molecule has 158 valence electrons. The van der Waals surface area contributed by atoms with Crippen molar-refractivity contribution in [1.82, 2.24) is 4.98 Å². The van der Waals surface area contributed by atoms with E-state index in [4.69, 9.17) is 0 Å². The Morgan fingerprint density at radius 2 is 1.69 bits per heavy atom. The third-order valence-electron chi connectivity index (χ3n) is 5.46. The number of aromatic nitrogens is 1. The van der Waals surface area contributed by atoms with Gasteiger partial charge in [-0.15, -0.1) is 0 Å². The highest BCUT2D eigenvalue weighted by molar-refractivity contribution is 7.22. The molecule has 0 bridgehead atoms. The molecule has 0 unspecified atom stereocenters. The molecule has 1 aromatic heterocycles. The van der Waals surface area contributed by atoms with Gasteiger partial charge in [0.2, 0.25) is 0 Å². The minimum atomic E-state index is -1.14. The van der Waals surface area contributed by atoms with Gasteiger partial charge in [0, 0.05) is 11.1 Å². The Kier molecular flexibility index (Phi) is 4.83. The van der Waals surface area contributed by atoms with Gasteiger partial charge in [-0.1, -0.05) is 71.5 Å². The maximum Gasteiger partial charge on any atom is 0.301 e. The summed E-state index contributed by atoms with van der Waals surface area (Å²) < 4.78 is 15.7. The van der Waals surface area contributed by atoms with Gasteiger partial charge in [-0.25, -0.2) is 9.37 Å². The normalized spacial score (nSPS) is 17.9. The van der Waals surface area contributed by atoms with Gasteiger partial charge < -0.3 is 5.11 Å². The molecule has 1 atom stereocenters. The van der Waals surface area contributed by atoms with Gasteiger partial charge in [0.25, 0.3) is 5.78 Å². The molecule has 5 nitrogen and oxygen atoms in total. The summed E-state index contributed by atoms with van der Waals surface area (Å²) in [6.45, 7) is 1.90. The third-order valence-corrected chi connectivity index (χ3v) is 6.49. The number of aliphatic hydroxyl groups is 1. The summed E-state index contributed by atoms with van der Waals surface area (Å²) in [7, 11) is 0. The van der Waals surface area contributed by atoms with Crippen LogP contribution in [0.25, 0.3) is 16.0 Å². The van der Waals surface area contributed by atoms with Gasteiger partial charge in [-0.3, -0.25) is 14.5 Å². The van der Waals surface area contributed by atoms with Crippen molar-refractivity contribution in [1.29, 1.82) is 0 Å². The quantitative estimate of drug-likeness (QED) is 0.262. The summed E-state index contributed by atoms with van der Waals surface area (Å²) in [6, 6.07) is 19.0. The second kappa shape index (κ2) is 7.69. The monoisotopic (exact) mass is 444 g/mol. The second-order valence-electron chi connectivity index (χ2n) is 7.52. The minimum absolute atomic E-state index is 0.111. The first kappa shape index (κ1) is 20.1. The molecule has 3 aromatic carbocycles. The first-order valence-electron chi connectivity index (χ1n) is 9.94. The Balaban J connectivity index is 1.75. The zero-order valence-corrected chi connectivity index (χ0v) is 17.8. The number of aliphatic hydroxyl groups excluding tert-OH is 1. The molecule has 7 heteroatoms. The molecule has 1 fully saturated rings. The number of halogens is 1.